The fraction of sp³-hybridized carbons (Fsp3) is 0.526. The summed E-state index contributed by atoms with van der Waals surface area (Å²) >= 11 is 8.01. The molecule has 2 atom stereocenters. The lowest BCUT2D eigenvalue weighted by Crippen LogP contribution is -2.42. The van der Waals surface area contributed by atoms with Gasteiger partial charge < -0.3 is 16.4 Å². The van der Waals surface area contributed by atoms with Crippen molar-refractivity contribution < 1.29 is 0 Å². The number of nitrogen functional groups attached to an aromatic ring is 1. The molecule has 27 heavy (non-hydrogen) atoms. The van der Waals surface area contributed by atoms with Gasteiger partial charge in [0.1, 0.15) is 10.8 Å². The number of hydrogen-bond acceptors (Lipinski definition) is 7. The van der Waals surface area contributed by atoms with E-state index in [9.17, 15) is 0 Å². The summed E-state index contributed by atoms with van der Waals surface area (Å²) < 4.78 is 0. The Bertz CT molecular complexity index is 828. The van der Waals surface area contributed by atoms with Gasteiger partial charge in [0.25, 0.3) is 0 Å². The van der Waals surface area contributed by atoms with Crippen molar-refractivity contribution in [1.82, 2.24) is 15.0 Å². The SMILES string of the molecule is CC1CN(c2cnc(Sc3ccnc(C4CC4)c3Cl)c(N)n2)CCC1CN. The van der Waals surface area contributed by atoms with E-state index < -0.39 is 0 Å². The lowest BCUT2D eigenvalue weighted by atomic mass is 9.87. The van der Waals surface area contributed by atoms with Crippen LogP contribution in [-0.4, -0.2) is 34.6 Å². The van der Waals surface area contributed by atoms with Gasteiger partial charge in [0.2, 0.25) is 0 Å². The van der Waals surface area contributed by atoms with E-state index in [1.54, 1.807) is 0 Å². The molecular weight excluding hydrogens is 380 g/mol. The number of halogens is 1. The van der Waals surface area contributed by atoms with Gasteiger partial charge in [-0.25, -0.2) is 9.97 Å². The molecule has 1 aliphatic carbocycles. The lowest BCUT2D eigenvalue weighted by Gasteiger charge is -2.37. The van der Waals surface area contributed by atoms with Crippen molar-refractivity contribution in [2.45, 2.75) is 42.0 Å². The third-order valence-electron chi connectivity index (χ3n) is 5.51. The summed E-state index contributed by atoms with van der Waals surface area (Å²) in [7, 11) is 0. The zero-order chi connectivity index (χ0) is 19.0. The minimum Gasteiger partial charge on any atom is -0.381 e. The van der Waals surface area contributed by atoms with Crippen LogP contribution in [0.1, 0.15) is 37.8 Å². The van der Waals surface area contributed by atoms with Gasteiger partial charge in [-0.2, -0.15) is 0 Å². The average Bonchev–Trinajstić information content (AvgIpc) is 3.50. The van der Waals surface area contributed by atoms with Crippen LogP contribution in [-0.2, 0) is 0 Å². The maximum absolute atomic E-state index is 6.55. The summed E-state index contributed by atoms with van der Waals surface area (Å²) in [5.41, 5.74) is 13.1. The second-order valence-electron chi connectivity index (χ2n) is 7.51. The van der Waals surface area contributed by atoms with E-state index >= 15 is 0 Å². The number of rotatable bonds is 5. The third kappa shape index (κ3) is 4.00. The summed E-state index contributed by atoms with van der Waals surface area (Å²) in [4.78, 5) is 16.8. The van der Waals surface area contributed by atoms with Crippen LogP contribution in [0.15, 0.2) is 28.4 Å². The Morgan fingerprint density at radius 3 is 2.78 bits per heavy atom. The van der Waals surface area contributed by atoms with Crippen molar-refractivity contribution in [2.24, 2.45) is 17.6 Å². The van der Waals surface area contributed by atoms with Crippen LogP contribution in [0.2, 0.25) is 5.02 Å². The molecule has 0 bridgehead atoms. The van der Waals surface area contributed by atoms with E-state index in [-0.39, 0.29) is 0 Å². The Labute approximate surface area is 169 Å². The molecule has 4 rings (SSSR count). The molecule has 6 nitrogen and oxygen atoms in total. The van der Waals surface area contributed by atoms with Crippen LogP contribution in [0.4, 0.5) is 11.6 Å². The van der Waals surface area contributed by atoms with Gasteiger partial charge in [-0.15, -0.1) is 0 Å². The van der Waals surface area contributed by atoms with Gasteiger partial charge in [0, 0.05) is 30.1 Å². The van der Waals surface area contributed by atoms with Crippen LogP contribution < -0.4 is 16.4 Å². The minimum absolute atomic E-state index is 0.437. The first-order valence-corrected chi connectivity index (χ1v) is 10.7. The highest BCUT2D eigenvalue weighted by molar-refractivity contribution is 7.99. The first-order chi connectivity index (χ1) is 13.1. The Balaban J connectivity index is 1.50. The largest absolute Gasteiger partial charge is 0.381 e. The van der Waals surface area contributed by atoms with Crippen LogP contribution in [0.25, 0.3) is 0 Å². The highest BCUT2D eigenvalue weighted by atomic mass is 35.5. The van der Waals surface area contributed by atoms with Gasteiger partial charge in [0.15, 0.2) is 5.82 Å². The first-order valence-electron chi connectivity index (χ1n) is 9.46. The van der Waals surface area contributed by atoms with Crippen molar-refractivity contribution in [1.29, 1.82) is 0 Å². The maximum atomic E-state index is 6.55. The minimum atomic E-state index is 0.437. The topological polar surface area (TPSA) is 94.0 Å². The van der Waals surface area contributed by atoms with E-state index in [4.69, 9.17) is 23.1 Å². The number of nitrogens with zero attached hydrogens (tertiary/aromatic N) is 4. The monoisotopic (exact) mass is 404 g/mol. The average molecular weight is 405 g/mol. The second-order valence-corrected chi connectivity index (χ2v) is 8.92. The molecule has 2 fully saturated rings. The number of aromatic nitrogens is 3. The first kappa shape index (κ1) is 18.8. The summed E-state index contributed by atoms with van der Waals surface area (Å²) in [6, 6.07) is 1.91. The molecule has 0 spiro atoms. The number of nitrogens with two attached hydrogens (primary N) is 2. The van der Waals surface area contributed by atoms with E-state index in [0.717, 1.165) is 55.3 Å². The molecule has 144 valence electrons. The number of pyridine rings is 1. The number of anilines is 2. The molecule has 1 saturated heterocycles. The summed E-state index contributed by atoms with van der Waals surface area (Å²) in [6.45, 7) is 4.86. The van der Waals surface area contributed by atoms with Gasteiger partial charge in [-0.05, 0) is 43.7 Å². The Morgan fingerprint density at radius 1 is 1.30 bits per heavy atom. The lowest BCUT2D eigenvalue weighted by molar-refractivity contribution is 0.306. The van der Waals surface area contributed by atoms with Crippen molar-refractivity contribution in [3.05, 3.63) is 29.2 Å². The fourth-order valence-corrected chi connectivity index (χ4v) is 4.80. The molecule has 2 aromatic rings. The highest BCUT2D eigenvalue weighted by Gasteiger charge is 2.29. The Kier molecular flexibility index (Phi) is 5.43. The quantitative estimate of drug-likeness (QED) is 0.786. The van der Waals surface area contributed by atoms with Gasteiger partial charge in [0.05, 0.1) is 16.9 Å². The molecule has 1 aliphatic heterocycles. The molecule has 2 aliphatic rings. The summed E-state index contributed by atoms with van der Waals surface area (Å²) in [5, 5.41) is 1.39. The normalized spacial score (nSPS) is 22.9. The predicted octanol–water partition coefficient (Wildman–Crippen LogP) is 3.56. The van der Waals surface area contributed by atoms with Crippen molar-refractivity contribution in [2.75, 3.05) is 30.3 Å². The van der Waals surface area contributed by atoms with Gasteiger partial charge >= 0.3 is 0 Å². The molecule has 0 radical (unpaired) electrons. The Hall–Kier alpha value is -1.57. The summed E-state index contributed by atoms with van der Waals surface area (Å²) in [6.07, 6.45) is 7.02. The van der Waals surface area contributed by atoms with Gasteiger partial charge in [-0.3, -0.25) is 4.98 Å². The zero-order valence-corrected chi connectivity index (χ0v) is 17.0. The molecule has 0 aromatic carbocycles. The standard InChI is InChI=1S/C19H25ClN6S/c1-11-10-26(7-5-13(11)8-21)15-9-24-19(18(22)25-15)27-14-4-6-23-17(16(14)20)12-2-3-12/h4,6,9,11-13H,2-3,5,7-8,10,21H2,1H3,(H2,22,25). The van der Waals surface area contributed by atoms with Crippen molar-refractivity contribution >= 4 is 35.0 Å². The molecule has 1 saturated carbocycles. The van der Waals surface area contributed by atoms with Crippen LogP contribution in [0.5, 0.6) is 0 Å². The van der Waals surface area contributed by atoms with Crippen molar-refractivity contribution in [3.63, 3.8) is 0 Å². The fourth-order valence-electron chi connectivity index (χ4n) is 3.63. The molecule has 4 N–H and O–H groups in total. The highest BCUT2D eigenvalue weighted by Crippen LogP contribution is 2.45. The van der Waals surface area contributed by atoms with Crippen LogP contribution in [0.3, 0.4) is 0 Å². The van der Waals surface area contributed by atoms with Crippen LogP contribution >= 0.6 is 23.4 Å². The molecule has 8 heteroatoms. The zero-order valence-electron chi connectivity index (χ0n) is 15.4. The van der Waals surface area contributed by atoms with E-state index in [1.165, 1.54) is 11.8 Å². The second kappa shape index (κ2) is 7.81. The molecule has 3 heterocycles. The predicted molar refractivity (Wildman–Crippen MR) is 110 cm³/mol. The Morgan fingerprint density at radius 2 is 2.11 bits per heavy atom. The third-order valence-corrected chi connectivity index (χ3v) is 7.09. The number of piperidine rings is 1. The molecule has 0 amide bonds. The maximum Gasteiger partial charge on any atom is 0.158 e. The van der Waals surface area contributed by atoms with Crippen molar-refractivity contribution in [3.8, 4) is 0 Å². The van der Waals surface area contributed by atoms with E-state index in [2.05, 4.69) is 26.8 Å². The summed E-state index contributed by atoms with van der Waals surface area (Å²) in [5.74, 6) is 2.89. The van der Waals surface area contributed by atoms with Gasteiger partial charge in [-0.1, -0.05) is 30.3 Å². The van der Waals surface area contributed by atoms with Crippen LogP contribution in [0, 0.1) is 11.8 Å². The smallest absolute Gasteiger partial charge is 0.158 e. The molecule has 2 aromatic heterocycles. The van der Waals surface area contributed by atoms with E-state index in [1.807, 2.05) is 18.5 Å². The molecular formula is C19H25ClN6S. The van der Waals surface area contributed by atoms with E-state index in [0.29, 0.717) is 33.6 Å². The molecule has 2 unspecified atom stereocenters. The number of hydrogen-bond donors (Lipinski definition) is 2.